The predicted octanol–water partition coefficient (Wildman–Crippen LogP) is 3.28. The number of rotatable bonds is 5. The Morgan fingerprint density at radius 3 is 2.86 bits per heavy atom. The predicted molar refractivity (Wildman–Crippen MR) is 111 cm³/mol. The maximum Gasteiger partial charge on any atom is 0.413 e. The van der Waals surface area contributed by atoms with Crippen LogP contribution in [0, 0.1) is 0 Å². The highest BCUT2D eigenvalue weighted by Crippen LogP contribution is 2.34. The number of alkyl carbamates (subject to hydrolysis) is 1. The van der Waals surface area contributed by atoms with E-state index in [0.717, 1.165) is 47.8 Å². The number of methoxy groups -OCH3 is 1. The number of imide groups is 1. The number of ether oxygens (including phenoxy) is 1. The van der Waals surface area contributed by atoms with Gasteiger partial charge in [0.1, 0.15) is 4.83 Å². The molecule has 0 bridgehead atoms. The van der Waals surface area contributed by atoms with Gasteiger partial charge >= 0.3 is 6.09 Å². The third-order valence-electron chi connectivity index (χ3n) is 4.66. The number of aromatic nitrogens is 2. The first kappa shape index (κ1) is 20.6. The Kier molecular flexibility index (Phi) is 6.56. The summed E-state index contributed by atoms with van der Waals surface area (Å²) in [6, 6.07) is 0. The van der Waals surface area contributed by atoms with Crippen LogP contribution >= 0.6 is 23.1 Å². The highest BCUT2D eigenvalue weighted by Gasteiger charge is 2.24. The molecule has 2 aromatic heterocycles. The van der Waals surface area contributed by atoms with Gasteiger partial charge in [0.25, 0.3) is 5.56 Å². The van der Waals surface area contributed by atoms with E-state index >= 15 is 0 Å². The van der Waals surface area contributed by atoms with Gasteiger partial charge < -0.3 is 4.74 Å². The quantitative estimate of drug-likeness (QED) is 0.345. The van der Waals surface area contributed by atoms with Crippen LogP contribution in [-0.4, -0.2) is 33.9 Å². The lowest BCUT2D eigenvalue weighted by molar-refractivity contribution is -0.119. The van der Waals surface area contributed by atoms with Crippen LogP contribution in [0.4, 0.5) is 4.79 Å². The van der Waals surface area contributed by atoms with Gasteiger partial charge in [-0.25, -0.2) is 9.78 Å². The second-order valence-corrected chi connectivity index (χ2v) is 8.98. The summed E-state index contributed by atoms with van der Waals surface area (Å²) in [5, 5.41) is 2.67. The van der Waals surface area contributed by atoms with Crippen LogP contribution in [-0.2, 0) is 28.9 Å². The molecule has 2 amide bonds. The van der Waals surface area contributed by atoms with E-state index in [4.69, 9.17) is 4.98 Å². The number of hydrogen-bond acceptors (Lipinski definition) is 7. The lowest BCUT2D eigenvalue weighted by Gasteiger charge is -2.14. The topological polar surface area (TPSA) is 90.3 Å². The fourth-order valence-electron chi connectivity index (χ4n) is 3.24. The lowest BCUT2D eigenvalue weighted by Crippen LogP contribution is -2.36. The van der Waals surface area contributed by atoms with Gasteiger partial charge in [-0.15, -0.1) is 17.9 Å². The zero-order valence-electron chi connectivity index (χ0n) is 15.9. The van der Waals surface area contributed by atoms with Crippen LogP contribution in [0.5, 0.6) is 0 Å². The molecule has 1 aliphatic rings. The summed E-state index contributed by atoms with van der Waals surface area (Å²) in [5.41, 5.74) is 1.05. The molecule has 0 saturated carbocycles. The van der Waals surface area contributed by atoms with Gasteiger partial charge in [-0.1, -0.05) is 24.3 Å². The van der Waals surface area contributed by atoms with E-state index in [1.165, 1.54) is 18.4 Å². The molecule has 7 nitrogen and oxygen atoms in total. The van der Waals surface area contributed by atoms with E-state index in [2.05, 4.69) is 16.6 Å². The largest absolute Gasteiger partial charge is 0.453 e. The van der Waals surface area contributed by atoms with Crippen molar-refractivity contribution in [3.8, 4) is 0 Å². The average Bonchev–Trinajstić information content (AvgIpc) is 2.85. The van der Waals surface area contributed by atoms with Gasteiger partial charge in [-0.2, -0.15) is 0 Å². The first-order valence-corrected chi connectivity index (χ1v) is 10.9. The molecule has 1 N–H and O–H groups in total. The molecule has 1 atom stereocenters. The van der Waals surface area contributed by atoms with Crippen molar-refractivity contribution in [3.63, 3.8) is 0 Å². The van der Waals surface area contributed by atoms with Crippen LogP contribution in [0.2, 0.25) is 0 Å². The van der Waals surface area contributed by atoms with Crippen LogP contribution in [0.1, 0.15) is 36.6 Å². The maximum atomic E-state index is 13.3. The first-order valence-electron chi connectivity index (χ1n) is 9.17. The van der Waals surface area contributed by atoms with Crippen molar-refractivity contribution in [1.82, 2.24) is 14.9 Å². The van der Waals surface area contributed by atoms with Crippen LogP contribution in [0.25, 0.3) is 10.2 Å². The van der Waals surface area contributed by atoms with Crippen molar-refractivity contribution in [3.05, 3.63) is 33.4 Å². The molecule has 0 saturated heterocycles. The summed E-state index contributed by atoms with van der Waals surface area (Å²) in [6.45, 7) is 5.70. The van der Waals surface area contributed by atoms with E-state index in [1.807, 2.05) is 0 Å². The number of thioether (sulfide) groups is 1. The van der Waals surface area contributed by atoms with Crippen molar-refractivity contribution in [1.29, 1.82) is 0 Å². The summed E-state index contributed by atoms with van der Waals surface area (Å²) in [5.74, 6) is -0.502. The molecule has 0 fully saturated rings. The van der Waals surface area contributed by atoms with E-state index in [0.29, 0.717) is 17.1 Å². The van der Waals surface area contributed by atoms with Crippen LogP contribution in [0.15, 0.2) is 22.6 Å². The summed E-state index contributed by atoms with van der Waals surface area (Å²) < 4.78 is 6.01. The summed E-state index contributed by atoms with van der Waals surface area (Å²) >= 11 is 2.72. The zero-order chi connectivity index (χ0) is 20.3. The molecule has 0 aliphatic heterocycles. The molecule has 2 heterocycles. The van der Waals surface area contributed by atoms with Gasteiger partial charge in [-0.05, 0) is 38.2 Å². The number of carbonyl (C=O) groups is 2. The van der Waals surface area contributed by atoms with Gasteiger partial charge in [0.2, 0.25) is 5.91 Å². The molecule has 0 aromatic carbocycles. The minimum Gasteiger partial charge on any atom is -0.453 e. The summed E-state index contributed by atoms with van der Waals surface area (Å²) in [6.07, 6.45) is 6.11. The maximum absolute atomic E-state index is 13.3. The van der Waals surface area contributed by atoms with Crippen molar-refractivity contribution >= 4 is 45.3 Å². The lowest BCUT2D eigenvalue weighted by atomic mass is 10.1. The Morgan fingerprint density at radius 2 is 2.14 bits per heavy atom. The van der Waals surface area contributed by atoms with Gasteiger partial charge in [-0.3, -0.25) is 19.5 Å². The molecule has 0 spiro atoms. The molecule has 3 rings (SSSR count). The van der Waals surface area contributed by atoms with Gasteiger partial charge in [0.15, 0.2) is 5.16 Å². The Morgan fingerprint density at radius 1 is 1.39 bits per heavy atom. The smallest absolute Gasteiger partial charge is 0.413 e. The second kappa shape index (κ2) is 8.91. The number of fused-ring (bicyclic) bond motifs is 3. The van der Waals surface area contributed by atoms with Gasteiger partial charge in [0.05, 0.1) is 17.7 Å². The second-order valence-electron chi connectivity index (χ2n) is 6.58. The summed E-state index contributed by atoms with van der Waals surface area (Å²) in [4.78, 5) is 43.4. The highest BCUT2D eigenvalue weighted by molar-refractivity contribution is 8.00. The number of hydrogen-bond donors (Lipinski definition) is 1. The molecular formula is C19H23N3O4S2. The normalized spacial score (nSPS) is 14.8. The molecular weight excluding hydrogens is 398 g/mol. The van der Waals surface area contributed by atoms with E-state index in [1.54, 1.807) is 28.9 Å². The number of allylic oxidation sites excluding steroid dienone is 1. The molecule has 9 heteroatoms. The molecule has 0 unspecified atom stereocenters. The number of aryl methyl sites for hydroxylation is 2. The van der Waals surface area contributed by atoms with E-state index in [-0.39, 0.29) is 5.56 Å². The Balaban J connectivity index is 2.01. The number of nitrogens with one attached hydrogen (secondary N) is 1. The van der Waals surface area contributed by atoms with Crippen LogP contribution in [0.3, 0.4) is 0 Å². The third kappa shape index (κ3) is 4.15. The van der Waals surface area contributed by atoms with Crippen molar-refractivity contribution in [2.45, 2.75) is 56.0 Å². The Bertz CT molecular complexity index is 980. The number of amides is 2. The number of thiophene rings is 1. The summed E-state index contributed by atoms with van der Waals surface area (Å²) in [7, 11) is 1.19. The molecule has 28 heavy (non-hydrogen) atoms. The number of carbonyl (C=O) groups excluding carboxylic acids is 2. The Labute approximate surface area is 171 Å². The van der Waals surface area contributed by atoms with Crippen LogP contribution < -0.4 is 10.9 Å². The number of nitrogens with zero attached hydrogens (tertiary/aromatic N) is 2. The monoisotopic (exact) mass is 421 g/mol. The molecule has 2 aromatic rings. The standard InChI is InChI=1S/C19H23N3O4S2/c1-4-10-22-17(24)14-12-8-6-5-7-9-13(12)28-16(14)21-18(22)27-11(2)15(23)20-19(25)26-3/h4,11H,1,5-10H2,2-3H3,(H,20,23,25)/t11-/m0/s1. The fraction of sp³-hybridized carbons (Fsp3) is 0.474. The Hall–Kier alpha value is -2.13. The van der Waals surface area contributed by atoms with Crippen molar-refractivity contribution in [2.75, 3.05) is 7.11 Å². The van der Waals surface area contributed by atoms with E-state index < -0.39 is 17.3 Å². The van der Waals surface area contributed by atoms with Gasteiger partial charge in [0, 0.05) is 11.4 Å². The SMILES string of the molecule is C=CCn1c(S[C@@H](C)C(=O)NC(=O)OC)nc2sc3c(c2c1=O)CCCCC3. The minimum absolute atomic E-state index is 0.0904. The fourth-order valence-corrected chi connectivity index (χ4v) is 5.46. The highest BCUT2D eigenvalue weighted by atomic mass is 32.2. The molecule has 1 aliphatic carbocycles. The third-order valence-corrected chi connectivity index (χ3v) is 6.94. The zero-order valence-corrected chi connectivity index (χ0v) is 17.6. The minimum atomic E-state index is -0.814. The van der Waals surface area contributed by atoms with Crippen molar-refractivity contribution < 1.29 is 14.3 Å². The molecule has 0 radical (unpaired) electrons. The van der Waals surface area contributed by atoms with E-state index in [9.17, 15) is 14.4 Å². The first-order chi connectivity index (χ1) is 13.5. The average molecular weight is 422 g/mol. The van der Waals surface area contributed by atoms with Crippen molar-refractivity contribution in [2.24, 2.45) is 0 Å². The molecule has 150 valence electrons.